The Morgan fingerprint density at radius 2 is 1.57 bits per heavy atom. The molecule has 12 nitrogen and oxygen atoms in total. The average Bonchev–Trinajstić information content (AvgIpc) is 2.66. The SMILES string of the molecule is CSCCC(NC(=O)C(CC(=O)O)NC(=O)C(NC(=O)C(N)CS)C(C)O)C(=O)O. The van der Waals surface area contributed by atoms with Gasteiger partial charge in [0.2, 0.25) is 17.7 Å². The van der Waals surface area contributed by atoms with Crippen LogP contribution in [0.15, 0.2) is 0 Å². The first-order chi connectivity index (χ1) is 13.9. The molecule has 172 valence electrons. The molecule has 14 heteroatoms. The predicted molar refractivity (Wildman–Crippen MR) is 112 cm³/mol. The summed E-state index contributed by atoms with van der Waals surface area (Å²) in [6.45, 7) is 1.20. The maximum absolute atomic E-state index is 12.5. The molecule has 5 atom stereocenters. The molecule has 0 aliphatic rings. The molecule has 5 unspecified atom stereocenters. The van der Waals surface area contributed by atoms with Crippen LogP contribution in [0.5, 0.6) is 0 Å². The Morgan fingerprint density at radius 1 is 1.00 bits per heavy atom. The summed E-state index contributed by atoms with van der Waals surface area (Å²) >= 11 is 5.22. The standard InChI is InChI=1S/C16H28N4O8S2/c1-7(21)12(20-13(24)8(17)6-29)15(26)19-10(5-11(22)23)14(25)18-9(16(27)28)3-4-30-2/h7-10,12,21,29H,3-6,17H2,1-2H3,(H,18,25)(H,19,26)(H,20,24)(H,22,23)(H,27,28). The molecule has 8 N–H and O–H groups in total. The third-order valence-electron chi connectivity index (χ3n) is 3.83. The number of thiol groups is 1. The number of hydrogen-bond acceptors (Lipinski definition) is 9. The van der Waals surface area contributed by atoms with Crippen LogP contribution in [-0.2, 0) is 24.0 Å². The minimum Gasteiger partial charge on any atom is -0.481 e. The van der Waals surface area contributed by atoms with Gasteiger partial charge in [-0.05, 0) is 25.4 Å². The van der Waals surface area contributed by atoms with E-state index in [2.05, 4.69) is 28.6 Å². The van der Waals surface area contributed by atoms with E-state index in [0.717, 1.165) is 0 Å². The average molecular weight is 469 g/mol. The molecule has 30 heavy (non-hydrogen) atoms. The monoisotopic (exact) mass is 468 g/mol. The van der Waals surface area contributed by atoms with Crippen LogP contribution in [0, 0.1) is 0 Å². The van der Waals surface area contributed by atoms with Gasteiger partial charge in [-0.3, -0.25) is 19.2 Å². The fourth-order valence-electron chi connectivity index (χ4n) is 2.16. The lowest BCUT2D eigenvalue weighted by molar-refractivity contribution is -0.143. The summed E-state index contributed by atoms with van der Waals surface area (Å²) in [5.74, 6) is -5.20. The van der Waals surface area contributed by atoms with Gasteiger partial charge in [0.15, 0.2) is 0 Å². The quantitative estimate of drug-likeness (QED) is 0.125. The second-order valence-corrected chi connectivity index (χ2v) is 7.71. The zero-order chi connectivity index (χ0) is 23.4. The number of aliphatic carboxylic acids is 2. The van der Waals surface area contributed by atoms with Crippen LogP contribution in [-0.4, -0.2) is 93.0 Å². The van der Waals surface area contributed by atoms with Gasteiger partial charge in [0, 0.05) is 5.75 Å². The van der Waals surface area contributed by atoms with Crippen molar-refractivity contribution < 1.29 is 39.3 Å². The van der Waals surface area contributed by atoms with Crippen LogP contribution in [0.25, 0.3) is 0 Å². The van der Waals surface area contributed by atoms with Crippen LogP contribution in [0.4, 0.5) is 0 Å². The number of aliphatic hydroxyl groups is 1. The van der Waals surface area contributed by atoms with E-state index >= 15 is 0 Å². The van der Waals surface area contributed by atoms with E-state index in [-0.39, 0.29) is 12.2 Å². The number of amides is 3. The van der Waals surface area contributed by atoms with Crippen LogP contribution < -0.4 is 21.7 Å². The minimum absolute atomic E-state index is 0.0311. The Bertz CT molecular complexity index is 634. The Morgan fingerprint density at radius 3 is 2.00 bits per heavy atom. The number of carboxylic acids is 2. The molecule has 0 aliphatic heterocycles. The van der Waals surface area contributed by atoms with Crippen molar-refractivity contribution in [2.24, 2.45) is 5.73 Å². The summed E-state index contributed by atoms with van der Waals surface area (Å²) in [6, 6.07) is -5.51. The number of nitrogens with two attached hydrogens (primary N) is 1. The van der Waals surface area contributed by atoms with Crippen molar-refractivity contribution in [2.45, 2.75) is 50.0 Å². The normalized spacial score (nSPS) is 15.8. The van der Waals surface area contributed by atoms with Gasteiger partial charge in [-0.25, -0.2) is 4.79 Å². The van der Waals surface area contributed by atoms with Crippen LogP contribution in [0.2, 0.25) is 0 Å². The van der Waals surface area contributed by atoms with Gasteiger partial charge in [-0.15, -0.1) is 0 Å². The van der Waals surface area contributed by atoms with E-state index in [4.69, 9.17) is 10.8 Å². The molecular weight excluding hydrogens is 440 g/mol. The van der Waals surface area contributed by atoms with Gasteiger partial charge in [0.05, 0.1) is 18.6 Å². The van der Waals surface area contributed by atoms with E-state index in [1.807, 2.05) is 0 Å². The maximum Gasteiger partial charge on any atom is 0.326 e. The van der Waals surface area contributed by atoms with Crippen molar-refractivity contribution in [3.63, 3.8) is 0 Å². The molecule has 0 fully saturated rings. The van der Waals surface area contributed by atoms with Crippen molar-refractivity contribution in [3.05, 3.63) is 0 Å². The first-order valence-electron chi connectivity index (χ1n) is 8.83. The number of carbonyl (C=O) groups excluding carboxylic acids is 3. The van der Waals surface area contributed by atoms with Gasteiger partial charge < -0.3 is 37.0 Å². The van der Waals surface area contributed by atoms with Crippen molar-refractivity contribution in [2.75, 3.05) is 17.8 Å². The maximum atomic E-state index is 12.5. The molecule has 0 spiro atoms. The van der Waals surface area contributed by atoms with Gasteiger partial charge in [-0.2, -0.15) is 24.4 Å². The molecule has 0 aromatic rings. The number of hydrogen-bond donors (Lipinski definition) is 8. The van der Waals surface area contributed by atoms with Crippen molar-refractivity contribution in [3.8, 4) is 0 Å². The summed E-state index contributed by atoms with van der Waals surface area (Å²) in [7, 11) is 0. The molecule has 0 bridgehead atoms. The lowest BCUT2D eigenvalue weighted by Crippen LogP contribution is -2.60. The van der Waals surface area contributed by atoms with Crippen LogP contribution in [0.1, 0.15) is 19.8 Å². The highest BCUT2D eigenvalue weighted by molar-refractivity contribution is 7.98. The van der Waals surface area contributed by atoms with E-state index in [9.17, 15) is 34.2 Å². The van der Waals surface area contributed by atoms with Crippen molar-refractivity contribution >= 4 is 54.1 Å². The highest BCUT2D eigenvalue weighted by atomic mass is 32.2. The van der Waals surface area contributed by atoms with E-state index in [1.54, 1.807) is 6.26 Å². The first kappa shape index (κ1) is 28.0. The first-order valence-corrected chi connectivity index (χ1v) is 10.9. The van der Waals surface area contributed by atoms with Crippen LogP contribution >= 0.6 is 24.4 Å². The number of thioether (sulfide) groups is 1. The Hall–Kier alpha value is -2.03. The smallest absolute Gasteiger partial charge is 0.326 e. The molecule has 0 aromatic heterocycles. The minimum atomic E-state index is -1.64. The summed E-state index contributed by atoms with van der Waals surface area (Å²) in [5, 5.41) is 34.6. The number of nitrogens with one attached hydrogen (secondary N) is 3. The number of carboxylic acid groups (broad SMARTS) is 2. The Kier molecular flexibility index (Phi) is 13.1. The third-order valence-corrected chi connectivity index (χ3v) is 4.87. The number of carbonyl (C=O) groups is 5. The fourth-order valence-corrected chi connectivity index (χ4v) is 2.80. The second-order valence-electron chi connectivity index (χ2n) is 6.36. The second kappa shape index (κ2) is 14.1. The predicted octanol–water partition coefficient (Wildman–Crippen LogP) is -2.61. The van der Waals surface area contributed by atoms with Crippen LogP contribution in [0.3, 0.4) is 0 Å². The van der Waals surface area contributed by atoms with E-state index in [1.165, 1.54) is 18.7 Å². The molecule has 0 rings (SSSR count). The zero-order valence-electron chi connectivity index (χ0n) is 16.5. The van der Waals surface area contributed by atoms with E-state index < -0.39 is 66.4 Å². The molecule has 0 heterocycles. The van der Waals surface area contributed by atoms with Crippen molar-refractivity contribution in [1.29, 1.82) is 0 Å². The Balaban J connectivity index is 5.38. The molecular formula is C16H28N4O8S2. The fraction of sp³-hybridized carbons (Fsp3) is 0.688. The van der Waals surface area contributed by atoms with E-state index in [0.29, 0.717) is 5.75 Å². The van der Waals surface area contributed by atoms with Gasteiger partial charge >= 0.3 is 11.9 Å². The summed E-state index contributed by atoms with van der Waals surface area (Å²) < 4.78 is 0. The molecule has 3 amide bonds. The lowest BCUT2D eigenvalue weighted by atomic mass is 10.1. The lowest BCUT2D eigenvalue weighted by Gasteiger charge is -2.25. The highest BCUT2D eigenvalue weighted by Gasteiger charge is 2.33. The van der Waals surface area contributed by atoms with Gasteiger partial charge in [-0.1, -0.05) is 0 Å². The molecule has 0 saturated carbocycles. The molecule has 0 radical (unpaired) electrons. The summed E-state index contributed by atoms with van der Waals surface area (Å²) in [6.07, 6.45) is -0.409. The molecule has 0 aromatic carbocycles. The number of rotatable bonds is 14. The van der Waals surface area contributed by atoms with Gasteiger partial charge in [0.1, 0.15) is 18.1 Å². The third kappa shape index (κ3) is 10.1. The summed E-state index contributed by atoms with van der Waals surface area (Å²) in [5.41, 5.74) is 5.50. The molecule has 0 saturated heterocycles. The highest BCUT2D eigenvalue weighted by Crippen LogP contribution is 2.04. The number of aliphatic hydroxyl groups excluding tert-OH is 1. The largest absolute Gasteiger partial charge is 0.481 e. The topological polar surface area (TPSA) is 208 Å². The molecule has 0 aliphatic carbocycles. The summed E-state index contributed by atoms with van der Waals surface area (Å²) in [4.78, 5) is 59.2. The Labute approximate surface area is 183 Å². The zero-order valence-corrected chi connectivity index (χ0v) is 18.2. The van der Waals surface area contributed by atoms with Crippen molar-refractivity contribution in [1.82, 2.24) is 16.0 Å². The van der Waals surface area contributed by atoms with Gasteiger partial charge in [0.25, 0.3) is 0 Å².